The number of hydrogen-bond acceptors (Lipinski definition) is 3. The van der Waals surface area contributed by atoms with E-state index in [1.165, 1.54) is 0 Å². The number of hydrogen-bond donors (Lipinski definition) is 1. The average molecular weight is 364 g/mol. The fourth-order valence-electron chi connectivity index (χ4n) is 1.42. The van der Waals surface area contributed by atoms with Gasteiger partial charge in [0, 0.05) is 3.57 Å². The van der Waals surface area contributed by atoms with Gasteiger partial charge in [0.2, 0.25) is 0 Å². The lowest BCUT2D eigenvalue weighted by molar-refractivity contribution is 0.169. The van der Waals surface area contributed by atoms with E-state index in [4.69, 9.17) is 11.6 Å². The van der Waals surface area contributed by atoms with Gasteiger partial charge in [-0.25, -0.2) is 4.68 Å². The third-order valence-corrected chi connectivity index (χ3v) is 3.37. The van der Waals surface area contributed by atoms with Crippen LogP contribution in [0.25, 0.3) is 5.69 Å². The fraction of sp³-hybridized carbons (Fsp3) is 0.273. The molecule has 1 aromatic carbocycles. The van der Waals surface area contributed by atoms with Crippen LogP contribution in [-0.4, -0.2) is 20.1 Å². The zero-order chi connectivity index (χ0) is 12.4. The van der Waals surface area contributed by atoms with Crippen molar-refractivity contribution < 1.29 is 5.11 Å². The van der Waals surface area contributed by atoms with Crippen LogP contribution in [-0.2, 0) is 0 Å². The van der Waals surface area contributed by atoms with E-state index >= 15 is 0 Å². The van der Waals surface area contributed by atoms with Crippen molar-refractivity contribution in [3.63, 3.8) is 0 Å². The maximum atomic E-state index is 9.65. The summed E-state index contributed by atoms with van der Waals surface area (Å²) >= 11 is 8.32. The van der Waals surface area contributed by atoms with Gasteiger partial charge in [-0.05, 0) is 47.2 Å². The van der Waals surface area contributed by atoms with Crippen LogP contribution in [0.1, 0.15) is 25.1 Å². The van der Waals surface area contributed by atoms with Gasteiger partial charge in [-0.3, -0.25) is 0 Å². The molecule has 90 valence electrons. The van der Waals surface area contributed by atoms with Gasteiger partial charge in [0.05, 0.1) is 23.0 Å². The van der Waals surface area contributed by atoms with Crippen LogP contribution in [0.5, 0.6) is 0 Å². The highest BCUT2D eigenvalue weighted by atomic mass is 127. The van der Waals surface area contributed by atoms with Gasteiger partial charge in [0.25, 0.3) is 0 Å². The summed E-state index contributed by atoms with van der Waals surface area (Å²) < 4.78 is 2.64. The van der Waals surface area contributed by atoms with E-state index in [1.807, 2.05) is 25.1 Å². The molecule has 17 heavy (non-hydrogen) atoms. The largest absolute Gasteiger partial charge is 0.387 e. The summed E-state index contributed by atoms with van der Waals surface area (Å²) in [5.41, 5.74) is 1.32. The topological polar surface area (TPSA) is 50.9 Å². The maximum Gasteiger partial charge on any atom is 0.112 e. The molecule has 0 bridgehead atoms. The van der Waals surface area contributed by atoms with Crippen LogP contribution < -0.4 is 0 Å². The summed E-state index contributed by atoms with van der Waals surface area (Å²) in [6, 6.07) is 5.68. The van der Waals surface area contributed by atoms with Gasteiger partial charge < -0.3 is 5.11 Å². The summed E-state index contributed by atoms with van der Waals surface area (Å²) in [6.07, 6.45) is 1.73. The van der Waals surface area contributed by atoms with E-state index in [1.54, 1.807) is 10.9 Å². The first kappa shape index (κ1) is 12.8. The highest BCUT2D eigenvalue weighted by Crippen LogP contribution is 2.23. The van der Waals surface area contributed by atoms with Gasteiger partial charge in [-0.1, -0.05) is 23.7 Å². The minimum atomic E-state index is -0.577. The molecule has 0 radical (unpaired) electrons. The Balaban J connectivity index is 2.37. The number of benzene rings is 1. The van der Waals surface area contributed by atoms with Crippen LogP contribution >= 0.6 is 34.2 Å². The minimum absolute atomic E-state index is 0.558. The first-order valence-corrected chi connectivity index (χ1v) is 6.63. The molecule has 1 N–H and O–H groups in total. The summed E-state index contributed by atoms with van der Waals surface area (Å²) in [5.74, 6) is 0. The second-order valence-electron chi connectivity index (χ2n) is 3.61. The molecule has 1 aromatic heterocycles. The highest BCUT2D eigenvalue weighted by molar-refractivity contribution is 14.1. The Morgan fingerprint density at radius 3 is 2.94 bits per heavy atom. The zero-order valence-electron chi connectivity index (χ0n) is 9.14. The molecular formula is C11H11ClIN3O. The molecule has 0 spiro atoms. The molecule has 0 aliphatic carbocycles. The lowest BCUT2D eigenvalue weighted by Crippen LogP contribution is -1.96. The predicted molar refractivity (Wildman–Crippen MR) is 74.3 cm³/mol. The van der Waals surface area contributed by atoms with Crippen LogP contribution in [0.15, 0.2) is 24.4 Å². The van der Waals surface area contributed by atoms with Crippen molar-refractivity contribution in [2.24, 2.45) is 0 Å². The Bertz CT molecular complexity index is 529. The summed E-state index contributed by atoms with van der Waals surface area (Å²) in [4.78, 5) is 0. The van der Waals surface area contributed by atoms with E-state index in [0.29, 0.717) is 17.1 Å². The normalized spacial score (nSPS) is 12.7. The molecule has 6 heteroatoms. The standard InChI is InChI=1S/C11H11ClIN3O/c1-2-11(17)9-6-16(15-14-9)10-4-3-7(13)5-8(10)12/h3-6,11,17H,2H2,1H3. The number of aromatic nitrogens is 3. The first-order valence-electron chi connectivity index (χ1n) is 5.17. The van der Waals surface area contributed by atoms with Crippen LogP contribution in [0.3, 0.4) is 0 Å². The van der Waals surface area contributed by atoms with Crippen molar-refractivity contribution in [2.75, 3.05) is 0 Å². The number of rotatable bonds is 3. The summed E-state index contributed by atoms with van der Waals surface area (Å²) in [6.45, 7) is 1.89. The lowest BCUT2D eigenvalue weighted by atomic mass is 10.2. The molecular weight excluding hydrogens is 352 g/mol. The number of halogens is 2. The van der Waals surface area contributed by atoms with Crippen molar-refractivity contribution in [2.45, 2.75) is 19.4 Å². The van der Waals surface area contributed by atoms with Crippen molar-refractivity contribution in [1.29, 1.82) is 0 Å². The molecule has 1 unspecified atom stereocenters. The molecule has 0 amide bonds. The van der Waals surface area contributed by atoms with E-state index in [0.717, 1.165) is 9.26 Å². The molecule has 4 nitrogen and oxygen atoms in total. The zero-order valence-corrected chi connectivity index (χ0v) is 12.1. The van der Waals surface area contributed by atoms with Gasteiger partial charge in [0.1, 0.15) is 5.69 Å². The van der Waals surface area contributed by atoms with E-state index in [9.17, 15) is 5.11 Å². The molecule has 0 fully saturated rings. The Labute approximate surface area is 118 Å². The van der Waals surface area contributed by atoms with Crippen molar-refractivity contribution in [3.8, 4) is 5.69 Å². The lowest BCUT2D eigenvalue weighted by Gasteiger charge is -2.03. The predicted octanol–water partition coefficient (Wildman–Crippen LogP) is 2.97. The van der Waals surface area contributed by atoms with Gasteiger partial charge in [-0.15, -0.1) is 5.10 Å². The number of aliphatic hydroxyl groups is 1. The molecule has 2 rings (SSSR count). The maximum absolute atomic E-state index is 9.65. The van der Waals surface area contributed by atoms with Crippen LogP contribution in [0, 0.1) is 3.57 Å². The molecule has 0 aliphatic heterocycles. The molecule has 0 saturated heterocycles. The van der Waals surface area contributed by atoms with Gasteiger partial charge >= 0.3 is 0 Å². The fourth-order valence-corrected chi connectivity index (χ4v) is 2.37. The molecule has 0 aliphatic rings. The Morgan fingerprint density at radius 2 is 2.29 bits per heavy atom. The van der Waals surface area contributed by atoms with Crippen molar-refractivity contribution >= 4 is 34.2 Å². The van der Waals surface area contributed by atoms with E-state index in [-0.39, 0.29) is 0 Å². The van der Waals surface area contributed by atoms with Crippen molar-refractivity contribution in [1.82, 2.24) is 15.0 Å². The third kappa shape index (κ3) is 2.78. The number of nitrogens with zero attached hydrogens (tertiary/aromatic N) is 3. The summed E-state index contributed by atoms with van der Waals surface area (Å²) in [5, 5.41) is 18.2. The smallest absolute Gasteiger partial charge is 0.112 e. The highest BCUT2D eigenvalue weighted by Gasteiger charge is 2.11. The third-order valence-electron chi connectivity index (χ3n) is 2.40. The SMILES string of the molecule is CCC(O)c1cn(-c2ccc(I)cc2Cl)nn1. The Morgan fingerprint density at radius 1 is 1.53 bits per heavy atom. The van der Waals surface area contributed by atoms with Gasteiger partial charge in [0.15, 0.2) is 0 Å². The number of aliphatic hydroxyl groups excluding tert-OH is 1. The minimum Gasteiger partial charge on any atom is -0.387 e. The molecule has 1 heterocycles. The second-order valence-corrected chi connectivity index (χ2v) is 5.26. The average Bonchev–Trinajstić information content (AvgIpc) is 2.77. The molecule has 1 atom stereocenters. The quantitative estimate of drug-likeness (QED) is 0.853. The Kier molecular flexibility index (Phi) is 4.01. The molecule has 0 saturated carbocycles. The van der Waals surface area contributed by atoms with E-state index in [2.05, 4.69) is 32.9 Å². The second kappa shape index (κ2) is 5.32. The van der Waals surface area contributed by atoms with Gasteiger partial charge in [-0.2, -0.15) is 0 Å². The molecule has 2 aromatic rings. The first-order chi connectivity index (χ1) is 8.11. The summed E-state index contributed by atoms with van der Waals surface area (Å²) in [7, 11) is 0. The van der Waals surface area contributed by atoms with Crippen molar-refractivity contribution in [3.05, 3.63) is 38.7 Å². The van der Waals surface area contributed by atoms with Crippen LogP contribution in [0.2, 0.25) is 5.02 Å². The van der Waals surface area contributed by atoms with E-state index < -0.39 is 6.10 Å². The monoisotopic (exact) mass is 363 g/mol. The Hall–Kier alpha value is -0.660. The van der Waals surface area contributed by atoms with Crippen LogP contribution in [0.4, 0.5) is 0 Å².